The van der Waals surface area contributed by atoms with Crippen LogP contribution >= 0.6 is 0 Å². The number of nitrogens with zero attached hydrogens (tertiary/aromatic N) is 1. The van der Waals surface area contributed by atoms with Gasteiger partial charge in [-0.25, -0.2) is 0 Å². The maximum atomic E-state index is 12.5. The summed E-state index contributed by atoms with van der Waals surface area (Å²) in [6.45, 7) is 0. The second-order valence-electron chi connectivity index (χ2n) is 6.68. The molecule has 1 aliphatic heterocycles. The Morgan fingerprint density at radius 1 is 1.11 bits per heavy atom. The van der Waals surface area contributed by atoms with Crippen LogP contribution in [0, 0.1) is 10.1 Å². The molecule has 8 heteroatoms. The molecule has 1 saturated carbocycles. The molecule has 0 unspecified atom stereocenters. The summed E-state index contributed by atoms with van der Waals surface area (Å²) < 4.78 is 11.9. The molecule has 2 aromatic carbocycles. The van der Waals surface area contributed by atoms with E-state index in [0.29, 0.717) is 22.9 Å². The van der Waals surface area contributed by atoms with Crippen molar-refractivity contribution in [1.82, 2.24) is 0 Å². The SMILES string of the molecule is CNc1ccc(C(=O)Nc2ccc3c(c2)OC2(CCCC2)O3)cc1[N+](=O)[O-]. The van der Waals surface area contributed by atoms with Crippen molar-refractivity contribution in [3.8, 4) is 11.5 Å². The number of rotatable bonds is 4. The van der Waals surface area contributed by atoms with Gasteiger partial charge in [-0.1, -0.05) is 0 Å². The molecule has 1 aliphatic carbocycles. The first kappa shape index (κ1) is 17.1. The van der Waals surface area contributed by atoms with E-state index < -0.39 is 16.6 Å². The monoisotopic (exact) mass is 369 g/mol. The van der Waals surface area contributed by atoms with Crippen molar-refractivity contribution in [3.63, 3.8) is 0 Å². The molecule has 1 amide bonds. The van der Waals surface area contributed by atoms with Gasteiger partial charge in [-0.3, -0.25) is 14.9 Å². The standard InChI is InChI=1S/C19H19N3O5/c1-20-14-6-4-12(10-15(14)22(24)25)18(23)21-13-5-7-16-17(11-13)27-19(26-16)8-2-3-9-19/h4-7,10-11,20H,2-3,8-9H2,1H3,(H,21,23). The molecule has 2 aliphatic rings. The molecular formula is C19H19N3O5. The van der Waals surface area contributed by atoms with Gasteiger partial charge in [-0.05, 0) is 37.1 Å². The van der Waals surface area contributed by atoms with Crippen LogP contribution in [0.3, 0.4) is 0 Å². The largest absolute Gasteiger partial charge is 0.448 e. The molecule has 2 aromatic rings. The number of hydrogen-bond donors (Lipinski definition) is 2. The third kappa shape index (κ3) is 3.14. The van der Waals surface area contributed by atoms with Crippen LogP contribution in [0.2, 0.25) is 0 Å². The maximum Gasteiger partial charge on any atom is 0.293 e. The molecule has 1 spiro atoms. The van der Waals surface area contributed by atoms with Crippen LogP contribution < -0.4 is 20.1 Å². The van der Waals surface area contributed by atoms with E-state index in [1.807, 2.05) is 0 Å². The Morgan fingerprint density at radius 2 is 1.85 bits per heavy atom. The van der Waals surface area contributed by atoms with Crippen LogP contribution in [0.15, 0.2) is 36.4 Å². The Balaban J connectivity index is 1.53. The maximum absolute atomic E-state index is 12.5. The fraction of sp³-hybridized carbons (Fsp3) is 0.316. The van der Waals surface area contributed by atoms with Gasteiger partial charge in [0.15, 0.2) is 11.5 Å². The first-order valence-electron chi connectivity index (χ1n) is 8.79. The van der Waals surface area contributed by atoms with Gasteiger partial charge in [0.2, 0.25) is 0 Å². The fourth-order valence-electron chi connectivity index (χ4n) is 3.53. The zero-order valence-corrected chi connectivity index (χ0v) is 14.8. The predicted molar refractivity (Wildman–Crippen MR) is 99.5 cm³/mol. The van der Waals surface area contributed by atoms with Crippen molar-refractivity contribution < 1.29 is 19.2 Å². The molecule has 0 bridgehead atoms. The summed E-state index contributed by atoms with van der Waals surface area (Å²) in [7, 11) is 1.59. The van der Waals surface area contributed by atoms with Crippen LogP contribution in [0.4, 0.5) is 17.1 Å². The Bertz CT molecular complexity index is 922. The molecule has 1 heterocycles. The van der Waals surface area contributed by atoms with E-state index in [4.69, 9.17) is 9.47 Å². The Labute approximate surface area is 155 Å². The van der Waals surface area contributed by atoms with Gasteiger partial charge >= 0.3 is 0 Å². The van der Waals surface area contributed by atoms with E-state index in [0.717, 1.165) is 25.7 Å². The van der Waals surface area contributed by atoms with Crippen LogP contribution in [0.1, 0.15) is 36.0 Å². The number of fused-ring (bicyclic) bond motifs is 1. The first-order valence-corrected chi connectivity index (χ1v) is 8.79. The van der Waals surface area contributed by atoms with E-state index >= 15 is 0 Å². The number of ether oxygens (including phenoxy) is 2. The summed E-state index contributed by atoms with van der Waals surface area (Å²) in [5.41, 5.74) is 0.934. The highest BCUT2D eigenvalue weighted by Gasteiger charge is 2.44. The van der Waals surface area contributed by atoms with E-state index in [2.05, 4.69) is 10.6 Å². The van der Waals surface area contributed by atoms with Crippen LogP contribution in [0.5, 0.6) is 11.5 Å². The van der Waals surface area contributed by atoms with Gasteiger partial charge in [0.25, 0.3) is 17.4 Å². The summed E-state index contributed by atoms with van der Waals surface area (Å²) in [6.07, 6.45) is 3.84. The Hall–Kier alpha value is -3.29. The van der Waals surface area contributed by atoms with Crippen LogP contribution in [-0.4, -0.2) is 23.7 Å². The van der Waals surface area contributed by atoms with Crippen molar-refractivity contribution in [2.24, 2.45) is 0 Å². The minimum absolute atomic E-state index is 0.154. The van der Waals surface area contributed by atoms with Gasteiger partial charge in [0.05, 0.1) is 4.92 Å². The lowest BCUT2D eigenvalue weighted by atomic mass is 10.1. The van der Waals surface area contributed by atoms with Crippen LogP contribution in [-0.2, 0) is 0 Å². The minimum Gasteiger partial charge on any atom is -0.448 e. The quantitative estimate of drug-likeness (QED) is 0.625. The van der Waals surface area contributed by atoms with Crippen molar-refractivity contribution >= 4 is 23.0 Å². The molecule has 1 fully saturated rings. The van der Waals surface area contributed by atoms with E-state index in [1.165, 1.54) is 18.2 Å². The molecule has 0 atom stereocenters. The second kappa shape index (κ2) is 6.46. The summed E-state index contributed by atoms with van der Waals surface area (Å²) in [4.78, 5) is 23.2. The molecule has 27 heavy (non-hydrogen) atoms. The van der Waals surface area contributed by atoms with Crippen LogP contribution in [0.25, 0.3) is 0 Å². The van der Waals surface area contributed by atoms with Crippen molar-refractivity contribution in [2.75, 3.05) is 17.7 Å². The third-order valence-corrected chi connectivity index (χ3v) is 4.88. The third-order valence-electron chi connectivity index (χ3n) is 4.88. The first-order chi connectivity index (χ1) is 13.0. The average Bonchev–Trinajstić information content (AvgIpc) is 3.26. The zero-order valence-electron chi connectivity index (χ0n) is 14.8. The molecule has 0 aromatic heterocycles. The number of hydrogen-bond acceptors (Lipinski definition) is 6. The predicted octanol–water partition coefficient (Wildman–Crippen LogP) is 3.93. The molecule has 0 saturated heterocycles. The highest BCUT2D eigenvalue weighted by Crippen LogP contribution is 2.47. The number of anilines is 2. The number of amides is 1. The van der Waals surface area contributed by atoms with E-state index in [1.54, 1.807) is 25.2 Å². The second-order valence-corrected chi connectivity index (χ2v) is 6.68. The molecule has 4 rings (SSSR count). The van der Waals surface area contributed by atoms with Gasteiger partial charge in [0, 0.05) is 43.3 Å². The van der Waals surface area contributed by atoms with Gasteiger partial charge in [-0.2, -0.15) is 0 Å². The number of carbonyl (C=O) groups is 1. The number of nitro groups is 1. The summed E-state index contributed by atoms with van der Waals surface area (Å²) in [5.74, 6) is 0.277. The van der Waals surface area contributed by atoms with Gasteiger partial charge in [0.1, 0.15) is 5.69 Å². The molecule has 8 nitrogen and oxygen atoms in total. The van der Waals surface area contributed by atoms with E-state index in [9.17, 15) is 14.9 Å². The zero-order chi connectivity index (χ0) is 19.0. The summed E-state index contributed by atoms with van der Waals surface area (Å²) in [6, 6.07) is 9.51. The molecule has 140 valence electrons. The lowest BCUT2D eigenvalue weighted by molar-refractivity contribution is -0.384. The minimum atomic E-state index is -0.561. The summed E-state index contributed by atoms with van der Waals surface area (Å²) in [5, 5.41) is 16.7. The average molecular weight is 369 g/mol. The van der Waals surface area contributed by atoms with E-state index in [-0.39, 0.29) is 11.3 Å². The lowest BCUT2D eigenvalue weighted by Crippen LogP contribution is -2.34. The lowest BCUT2D eigenvalue weighted by Gasteiger charge is -2.21. The molecular weight excluding hydrogens is 350 g/mol. The Kier molecular flexibility index (Phi) is 4.10. The normalized spacial score (nSPS) is 16.3. The number of carbonyl (C=O) groups excluding carboxylic acids is 1. The molecule has 2 N–H and O–H groups in total. The summed E-state index contributed by atoms with van der Waals surface area (Å²) >= 11 is 0. The van der Waals surface area contributed by atoms with Crippen molar-refractivity contribution in [2.45, 2.75) is 31.5 Å². The number of nitro benzene ring substituents is 1. The van der Waals surface area contributed by atoms with Crippen molar-refractivity contribution in [3.05, 3.63) is 52.1 Å². The smallest absolute Gasteiger partial charge is 0.293 e. The molecule has 0 radical (unpaired) electrons. The van der Waals surface area contributed by atoms with Gasteiger partial charge < -0.3 is 20.1 Å². The fourth-order valence-corrected chi connectivity index (χ4v) is 3.53. The number of nitrogens with one attached hydrogen (secondary N) is 2. The highest BCUT2D eigenvalue weighted by molar-refractivity contribution is 6.05. The number of benzene rings is 2. The highest BCUT2D eigenvalue weighted by atomic mass is 16.7. The van der Waals surface area contributed by atoms with Gasteiger partial charge in [-0.15, -0.1) is 0 Å². The topological polar surface area (TPSA) is 103 Å². The Morgan fingerprint density at radius 3 is 2.56 bits per heavy atom. The van der Waals surface area contributed by atoms with Crippen molar-refractivity contribution in [1.29, 1.82) is 0 Å².